The number of benzene rings is 2. The van der Waals surface area contributed by atoms with E-state index in [1.54, 1.807) is 0 Å². The Morgan fingerprint density at radius 2 is 1.84 bits per heavy atom. The lowest BCUT2D eigenvalue weighted by atomic mass is 10.0. The molecule has 2 heteroatoms. The Kier molecular flexibility index (Phi) is 4.86. The lowest BCUT2D eigenvalue weighted by molar-refractivity contribution is 0.677. The van der Waals surface area contributed by atoms with Crippen LogP contribution in [-0.4, -0.2) is 0 Å². The Hall–Kier alpha value is -1.47. The minimum absolute atomic E-state index is 0.338. The molecule has 0 bridgehead atoms. The first-order chi connectivity index (χ1) is 9.20. The van der Waals surface area contributed by atoms with Crippen LogP contribution in [0.15, 0.2) is 48.5 Å². The average Bonchev–Trinajstić information content (AvgIpc) is 2.43. The molecule has 0 aliphatic carbocycles. The molecule has 0 spiro atoms. The third kappa shape index (κ3) is 3.74. The molecule has 1 nitrogen and oxygen atoms in total. The van der Waals surface area contributed by atoms with Crippen LogP contribution < -0.4 is 5.32 Å². The van der Waals surface area contributed by atoms with Crippen LogP contribution in [0.25, 0.3) is 0 Å². The molecule has 19 heavy (non-hydrogen) atoms. The normalized spacial score (nSPS) is 12.2. The summed E-state index contributed by atoms with van der Waals surface area (Å²) in [6, 6.07) is 17.0. The molecule has 0 amide bonds. The predicted octanol–water partition coefficient (Wildman–Crippen LogP) is 5.60. The van der Waals surface area contributed by atoms with Gasteiger partial charge in [-0.2, -0.15) is 0 Å². The van der Waals surface area contributed by atoms with Crippen molar-refractivity contribution in [2.45, 2.75) is 32.7 Å². The summed E-state index contributed by atoms with van der Waals surface area (Å²) in [6.45, 7) is 4.23. The fourth-order valence-electron chi connectivity index (χ4n) is 2.18. The van der Waals surface area contributed by atoms with Crippen molar-refractivity contribution in [3.8, 4) is 0 Å². The van der Waals surface area contributed by atoms with Gasteiger partial charge in [-0.25, -0.2) is 0 Å². The summed E-state index contributed by atoms with van der Waals surface area (Å²) in [7, 11) is 0. The maximum atomic E-state index is 6.18. The van der Waals surface area contributed by atoms with Gasteiger partial charge in [-0.1, -0.05) is 61.3 Å². The summed E-state index contributed by atoms with van der Waals surface area (Å²) in [5.74, 6) is 0. The lowest BCUT2D eigenvalue weighted by Crippen LogP contribution is -2.10. The Morgan fingerprint density at radius 1 is 1.11 bits per heavy atom. The zero-order chi connectivity index (χ0) is 13.7. The highest BCUT2D eigenvalue weighted by atomic mass is 35.5. The van der Waals surface area contributed by atoms with Gasteiger partial charge in [0.1, 0.15) is 0 Å². The third-order valence-corrected chi connectivity index (χ3v) is 3.70. The Morgan fingerprint density at radius 3 is 2.47 bits per heavy atom. The summed E-state index contributed by atoms with van der Waals surface area (Å²) in [4.78, 5) is 0. The summed E-state index contributed by atoms with van der Waals surface area (Å²) in [6.07, 6.45) is 2.25. The van der Waals surface area contributed by atoms with E-state index in [1.165, 1.54) is 5.56 Å². The first kappa shape index (κ1) is 14.0. The van der Waals surface area contributed by atoms with E-state index in [2.05, 4.69) is 54.7 Å². The van der Waals surface area contributed by atoms with Gasteiger partial charge in [0.05, 0.1) is 6.04 Å². The van der Waals surface area contributed by atoms with Crippen LogP contribution in [0.1, 0.15) is 36.9 Å². The first-order valence-corrected chi connectivity index (χ1v) is 7.16. The average molecular weight is 274 g/mol. The van der Waals surface area contributed by atoms with Gasteiger partial charge in [0.25, 0.3) is 0 Å². The van der Waals surface area contributed by atoms with E-state index >= 15 is 0 Å². The van der Waals surface area contributed by atoms with E-state index in [1.807, 2.05) is 13.0 Å². The number of halogens is 1. The minimum atomic E-state index is 0.338. The monoisotopic (exact) mass is 273 g/mol. The molecule has 1 atom stereocenters. The van der Waals surface area contributed by atoms with Gasteiger partial charge in [-0.15, -0.1) is 0 Å². The van der Waals surface area contributed by atoms with E-state index < -0.39 is 0 Å². The van der Waals surface area contributed by atoms with E-state index in [-0.39, 0.29) is 0 Å². The Bertz CT molecular complexity index is 522. The molecule has 100 valence electrons. The highest BCUT2D eigenvalue weighted by molar-refractivity contribution is 6.31. The number of nitrogens with one attached hydrogen (secondary N) is 1. The van der Waals surface area contributed by atoms with Gasteiger partial charge in [0.15, 0.2) is 0 Å². The number of hydrogen-bond donors (Lipinski definition) is 1. The van der Waals surface area contributed by atoms with Gasteiger partial charge < -0.3 is 5.32 Å². The molecule has 2 aromatic carbocycles. The van der Waals surface area contributed by atoms with Crippen molar-refractivity contribution in [1.82, 2.24) is 0 Å². The van der Waals surface area contributed by atoms with Crippen molar-refractivity contribution in [3.63, 3.8) is 0 Å². The largest absolute Gasteiger partial charge is 0.378 e. The van der Waals surface area contributed by atoms with Gasteiger partial charge >= 0.3 is 0 Å². The summed E-state index contributed by atoms with van der Waals surface area (Å²) in [5, 5.41) is 4.39. The molecule has 1 N–H and O–H groups in total. The smallest absolute Gasteiger partial charge is 0.0513 e. The van der Waals surface area contributed by atoms with E-state index in [9.17, 15) is 0 Å². The topological polar surface area (TPSA) is 12.0 Å². The van der Waals surface area contributed by atoms with Crippen molar-refractivity contribution < 1.29 is 0 Å². The van der Waals surface area contributed by atoms with Crippen LogP contribution in [0, 0.1) is 6.92 Å². The van der Waals surface area contributed by atoms with E-state index in [0.717, 1.165) is 29.1 Å². The van der Waals surface area contributed by atoms with Crippen molar-refractivity contribution in [3.05, 3.63) is 64.7 Å². The number of anilines is 1. The minimum Gasteiger partial charge on any atom is -0.378 e. The van der Waals surface area contributed by atoms with Gasteiger partial charge in [-0.05, 0) is 36.6 Å². The maximum Gasteiger partial charge on any atom is 0.0513 e. The molecule has 0 aliphatic heterocycles. The molecule has 0 fully saturated rings. The fourth-order valence-corrected chi connectivity index (χ4v) is 2.36. The molecule has 2 aromatic rings. The first-order valence-electron chi connectivity index (χ1n) is 6.78. The zero-order valence-corrected chi connectivity index (χ0v) is 12.2. The summed E-state index contributed by atoms with van der Waals surface area (Å²) < 4.78 is 0. The van der Waals surface area contributed by atoms with Crippen LogP contribution in [0.5, 0.6) is 0 Å². The van der Waals surface area contributed by atoms with Gasteiger partial charge in [0.2, 0.25) is 0 Å². The van der Waals surface area contributed by atoms with E-state index in [4.69, 9.17) is 11.6 Å². The highest BCUT2D eigenvalue weighted by Gasteiger charge is 2.10. The number of aryl methyl sites for hydroxylation is 1. The Labute approximate surface area is 120 Å². The van der Waals surface area contributed by atoms with Crippen molar-refractivity contribution in [1.29, 1.82) is 0 Å². The lowest BCUT2D eigenvalue weighted by Gasteiger charge is -2.20. The van der Waals surface area contributed by atoms with Crippen LogP contribution >= 0.6 is 11.6 Å². The number of hydrogen-bond acceptors (Lipinski definition) is 1. The molecule has 1 unspecified atom stereocenters. The second-order valence-electron chi connectivity index (χ2n) is 4.86. The van der Waals surface area contributed by atoms with Crippen LogP contribution in [0.2, 0.25) is 5.02 Å². The molecule has 0 heterocycles. The predicted molar refractivity (Wildman–Crippen MR) is 83.9 cm³/mol. The standard InChI is InChI=1S/C17H20ClN/c1-3-7-17(14-8-5-4-6-9-14)19-15-11-10-13(2)16(18)12-15/h4-6,8-12,17,19H,3,7H2,1-2H3. The molecule has 0 aliphatic rings. The molecular formula is C17H20ClN. The molecule has 2 rings (SSSR count). The highest BCUT2D eigenvalue weighted by Crippen LogP contribution is 2.26. The maximum absolute atomic E-state index is 6.18. The third-order valence-electron chi connectivity index (χ3n) is 3.29. The van der Waals surface area contributed by atoms with Crippen molar-refractivity contribution >= 4 is 17.3 Å². The van der Waals surface area contributed by atoms with Crippen molar-refractivity contribution in [2.75, 3.05) is 5.32 Å². The molecule has 0 saturated carbocycles. The van der Waals surface area contributed by atoms with Crippen molar-refractivity contribution in [2.24, 2.45) is 0 Å². The molecule has 0 aromatic heterocycles. The quantitative estimate of drug-likeness (QED) is 0.747. The van der Waals surface area contributed by atoms with Crippen LogP contribution in [-0.2, 0) is 0 Å². The van der Waals surface area contributed by atoms with Gasteiger partial charge in [-0.3, -0.25) is 0 Å². The second-order valence-corrected chi connectivity index (χ2v) is 5.27. The van der Waals surface area contributed by atoms with Gasteiger partial charge in [0, 0.05) is 10.7 Å². The SMILES string of the molecule is CCCC(Nc1ccc(C)c(Cl)c1)c1ccccc1. The molecular weight excluding hydrogens is 254 g/mol. The second kappa shape index (κ2) is 6.63. The molecule has 0 radical (unpaired) electrons. The van der Waals surface area contributed by atoms with Crippen LogP contribution in [0.3, 0.4) is 0 Å². The Balaban J connectivity index is 2.19. The van der Waals surface area contributed by atoms with E-state index in [0.29, 0.717) is 6.04 Å². The molecule has 0 saturated heterocycles. The number of rotatable bonds is 5. The fraction of sp³-hybridized carbons (Fsp3) is 0.294. The van der Waals surface area contributed by atoms with Crippen LogP contribution in [0.4, 0.5) is 5.69 Å². The summed E-state index contributed by atoms with van der Waals surface area (Å²) in [5.41, 5.74) is 3.51. The zero-order valence-electron chi connectivity index (χ0n) is 11.5. The summed E-state index contributed by atoms with van der Waals surface area (Å²) >= 11 is 6.18.